The molecule has 1 heterocycles. The summed E-state index contributed by atoms with van der Waals surface area (Å²) in [5.41, 5.74) is 1.40. The maximum atomic E-state index is 5.31. The van der Waals surface area contributed by atoms with Crippen molar-refractivity contribution in [3.63, 3.8) is 0 Å². The lowest BCUT2D eigenvalue weighted by Gasteiger charge is -2.35. The second-order valence-electron chi connectivity index (χ2n) is 5.83. The van der Waals surface area contributed by atoms with E-state index in [1.807, 2.05) is 0 Å². The molecule has 4 heteroatoms. The fourth-order valence-electron chi connectivity index (χ4n) is 3.05. The summed E-state index contributed by atoms with van der Waals surface area (Å²) in [6, 6.07) is 11.5. The number of ether oxygens (including phenoxy) is 2. The van der Waals surface area contributed by atoms with Crippen molar-refractivity contribution in [1.82, 2.24) is 10.2 Å². The van der Waals surface area contributed by atoms with Gasteiger partial charge >= 0.3 is 0 Å². The van der Waals surface area contributed by atoms with Crippen LogP contribution in [0, 0.1) is 0 Å². The number of piperidine rings is 1. The first-order chi connectivity index (χ1) is 10.2. The number of hydrogen-bond acceptors (Lipinski definition) is 4. The van der Waals surface area contributed by atoms with Gasteiger partial charge in [-0.15, -0.1) is 0 Å². The van der Waals surface area contributed by atoms with Gasteiger partial charge < -0.3 is 14.8 Å². The van der Waals surface area contributed by atoms with Crippen molar-refractivity contribution < 1.29 is 9.47 Å². The number of rotatable bonds is 7. The molecule has 1 atom stereocenters. The predicted molar refractivity (Wildman–Crippen MR) is 85.1 cm³/mol. The molecular formula is C17H28N2O2. The van der Waals surface area contributed by atoms with E-state index in [1.165, 1.54) is 18.4 Å². The summed E-state index contributed by atoms with van der Waals surface area (Å²) in [5, 5.41) is 3.63. The molecule has 2 rings (SSSR count). The molecule has 1 N–H and O–H groups in total. The van der Waals surface area contributed by atoms with Gasteiger partial charge in [0.15, 0.2) is 6.29 Å². The Bertz CT molecular complexity index is 387. The minimum absolute atomic E-state index is 0.174. The highest BCUT2D eigenvalue weighted by Crippen LogP contribution is 2.15. The minimum atomic E-state index is -0.174. The van der Waals surface area contributed by atoms with Gasteiger partial charge in [-0.3, -0.25) is 4.90 Å². The van der Waals surface area contributed by atoms with Crippen molar-refractivity contribution in [2.75, 3.05) is 27.3 Å². The second kappa shape index (κ2) is 8.49. The lowest BCUT2D eigenvalue weighted by atomic mass is 10.0. The fourth-order valence-corrected chi connectivity index (χ4v) is 3.05. The molecule has 1 unspecified atom stereocenters. The van der Waals surface area contributed by atoms with Gasteiger partial charge in [-0.25, -0.2) is 0 Å². The molecule has 0 saturated carbocycles. The van der Waals surface area contributed by atoms with Crippen molar-refractivity contribution in [1.29, 1.82) is 0 Å². The van der Waals surface area contributed by atoms with Crippen molar-refractivity contribution >= 4 is 0 Å². The van der Waals surface area contributed by atoms with E-state index in [1.54, 1.807) is 14.2 Å². The number of nitrogens with zero attached hydrogens (tertiary/aromatic N) is 1. The predicted octanol–water partition coefficient (Wildman–Crippen LogP) is 2.25. The normalized spacial score (nSPS) is 19.0. The maximum Gasteiger partial charge on any atom is 0.171 e. The van der Waals surface area contributed by atoms with Crippen LogP contribution in [0.5, 0.6) is 0 Å². The van der Waals surface area contributed by atoms with E-state index in [0.717, 1.165) is 19.6 Å². The molecule has 1 fully saturated rings. The number of nitrogens with one attached hydrogen (secondary N) is 1. The molecule has 21 heavy (non-hydrogen) atoms. The summed E-state index contributed by atoms with van der Waals surface area (Å²) in [7, 11) is 3.38. The first kappa shape index (κ1) is 16.4. The van der Waals surface area contributed by atoms with Crippen LogP contribution >= 0.6 is 0 Å². The first-order valence-corrected chi connectivity index (χ1v) is 7.81. The van der Waals surface area contributed by atoms with Gasteiger partial charge in [-0.2, -0.15) is 0 Å². The zero-order valence-corrected chi connectivity index (χ0v) is 13.4. The Balaban J connectivity index is 1.73. The molecule has 1 aliphatic rings. The van der Waals surface area contributed by atoms with Crippen LogP contribution in [0.3, 0.4) is 0 Å². The lowest BCUT2D eigenvalue weighted by Crippen LogP contribution is -2.49. The van der Waals surface area contributed by atoms with Crippen LogP contribution in [0.1, 0.15) is 25.3 Å². The molecule has 1 aromatic carbocycles. The Labute approximate surface area is 128 Å². The monoisotopic (exact) mass is 292 g/mol. The molecule has 1 aliphatic heterocycles. The van der Waals surface area contributed by atoms with E-state index in [0.29, 0.717) is 6.04 Å². The molecule has 0 aromatic heterocycles. The number of methoxy groups -OCH3 is 2. The summed E-state index contributed by atoms with van der Waals surface area (Å²) in [4.78, 5) is 2.53. The van der Waals surface area contributed by atoms with Crippen LogP contribution in [0.4, 0.5) is 0 Å². The summed E-state index contributed by atoms with van der Waals surface area (Å²) in [6.45, 7) is 5.46. The summed E-state index contributed by atoms with van der Waals surface area (Å²) >= 11 is 0. The zero-order valence-electron chi connectivity index (χ0n) is 13.4. The Hall–Kier alpha value is -0.940. The average Bonchev–Trinajstić information content (AvgIpc) is 2.51. The van der Waals surface area contributed by atoms with Gasteiger partial charge in [-0.05, 0) is 38.4 Å². The fraction of sp³-hybridized carbons (Fsp3) is 0.647. The second-order valence-corrected chi connectivity index (χ2v) is 5.83. The largest absolute Gasteiger partial charge is 0.354 e. The maximum absolute atomic E-state index is 5.31. The lowest BCUT2D eigenvalue weighted by molar-refractivity contribution is -0.121. The number of hydrogen-bond donors (Lipinski definition) is 1. The molecule has 4 nitrogen and oxygen atoms in total. The van der Waals surface area contributed by atoms with Crippen molar-refractivity contribution in [3.05, 3.63) is 35.9 Å². The highest BCUT2D eigenvalue weighted by atomic mass is 16.7. The minimum Gasteiger partial charge on any atom is -0.354 e. The third kappa shape index (κ3) is 5.08. The molecule has 0 amide bonds. The Kier molecular flexibility index (Phi) is 6.64. The van der Waals surface area contributed by atoms with Crippen molar-refractivity contribution in [2.24, 2.45) is 0 Å². The van der Waals surface area contributed by atoms with Gasteiger partial charge in [0.05, 0.1) is 6.04 Å². The molecule has 0 aliphatic carbocycles. The van der Waals surface area contributed by atoms with E-state index in [-0.39, 0.29) is 12.3 Å². The molecule has 0 spiro atoms. The molecule has 118 valence electrons. The summed E-state index contributed by atoms with van der Waals surface area (Å²) in [5.74, 6) is 0. The number of likely N-dealkylation sites (tertiary alicyclic amines) is 1. The standard InChI is InChI=1S/C17H28N2O2/c1-14(17(20-2)21-3)18-16-9-11-19(12-10-16)13-15-7-5-4-6-8-15/h4-8,14,16-18H,9-13H2,1-3H3. The topological polar surface area (TPSA) is 33.7 Å². The van der Waals surface area contributed by atoms with Crippen molar-refractivity contribution in [2.45, 2.75) is 44.7 Å². The Morgan fingerprint density at radius 3 is 2.33 bits per heavy atom. The highest BCUT2D eigenvalue weighted by molar-refractivity contribution is 5.14. The summed E-state index contributed by atoms with van der Waals surface area (Å²) in [6.07, 6.45) is 2.18. The van der Waals surface area contributed by atoms with Crippen LogP contribution in [0.2, 0.25) is 0 Å². The van der Waals surface area contributed by atoms with E-state index in [4.69, 9.17) is 9.47 Å². The van der Waals surface area contributed by atoms with E-state index in [2.05, 4.69) is 47.5 Å². The average molecular weight is 292 g/mol. The van der Waals surface area contributed by atoms with Crippen LogP contribution < -0.4 is 5.32 Å². The zero-order chi connectivity index (χ0) is 15.1. The quantitative estimate of drug-likeness (QED) is 0.782. The third-order valence-electron chi connectivity index (χ3n) is 4.21. The third-order valence-corrected chi connectivity index (χ3v) is 4.21. The summed E-state index contributed by atoms with van der Waals surface area (Å²) < 4.78 is 10.6. The van der Waals surface area contributed by atoms with Crippen LogP contribution in [0.25, 0.3) is 0 Å². The Morgan fingerprint density at radius 1 is 1.14 bits per heavy atom. The van der Waals surface area contributed by atoms with Crippen LogP contribution in [-0.2, 0) is 16.0 Å². The van der Waals surface area contributed by atoms with E-state index >= 15 is 0 Å². The molecular weight excluding hydrogens is 264 g/mol. The van der Waals surface area contributed by atoms with Crippen molar-refractivity contribution in [3.8, 4) is 0 Å². The Morgan fingerprint density at radius 2 is 1.76 bits per heavy atom. The highest BCUT2D eigenvalue weighted by Gasteiger charge is 2.23. The van der Waals surface area contributed by atoms with Crippen LogP contribution in [-0.4, -0.2) is 50.6 Å². The molecule has 1 aromatic rings. The van der Waals surface area contributed by atoms with Gasteiger partial charge in [-0.1, -0.05) is 30.3 Å². The first-order valence-electron chi connectivity index (χ1n) is 7.81. The van der Waals surface area contributed by atoms with E-state index < -0.39 is 0 Å². The van der Waals surface area contributed by atoms with Gasteiger partial charge in [0, 0.05) is 26.8 Å². The van der Waals surface area contributed by atoms with Gasteiger partial charge in [0.1, 0.15) is 0 Å². The molecule has 1 saturated heterocycles. The molecule has 0 radical (unpaired) electrons. The smallest absolute Gasteiger partial charge is 0.171 e. The van der Waals surface area contributed by atoms with E-state index in [9.17, 15) is 0 Å². The van der Waals surface area contributed by atoms with Gasteiger partial charge in [0.2, 0.25) is 0 Å². The van der Waals surface area contributed by atoms with Gasteiger partial charge in [0.25, 0.3) is 0 Å². The molecule has 0 bridgehead atoms. The van der Waals surface area contributed by atoms with Crippen LogP contribution in [0.15, 0.2) is 30.3 Å². The number of benzene rings is 1. The SMILES string of the molecule is COC(OC)C(C)NC1CCN(Cc2ccccc2)CC1.